The summed E-state index contributed by atoms with van der Waals surface area (Å²) in [6, 6.07) is 16.5. The molecule has 3 aromatic carbocycles. The highest BCUT2D eigenvalue weighted by atomic mass is 35.5. The van der Waals surface area contributed by atoms with Crippen LogP contribution in [0.2, 0.25) is 10.0 Å². The molecule has 0 saturated heterocycles. The van der Waals surface area contributed by atoms with Crippen molar-refractivity contribution < 1.29 is 9.18 Å². The maximum Gasteiger partial charge on any atom is 0.256 e. The van der Waals surface area contributed by atoms with Gasteiger partial charge in [0.25, 0.3) is 5.91 Å². The van der Waals surface area contributed by atoms with E-state index < -0.39 is 0 Å². The summed E-state index contributed by atoms with van der Waals surface area (Å²) in [5.41, 5.74) is 4.90. The zero-order valence-corrected chi connectivity index (χ0v) is 17.8. The molecule has 6 heteroatoms. The van der Waals surface area contributed by atoms with Crippen LogP contribution in [0.25, 0.3) is 22.2 Å². The number of fused-ring (bicyclic) bond motifs is 1. The highest BCUT2D eigenvalue weighted by molar-refractivity contribution is 6.36. The summed E-state index contributed by atoms with van der Waals surface area (Å²) in [5, 5.41) is 4.54. The van der Waals surface area contributed by atoms with Crippen LogP contribution in [0.3, 0.4) is 0 Å². The molecule has 4 rings (SSSR count). The highest BCUT2D eigenvalue weighted by Crippen LogP contribution is 2.33. The largest absolute Gasteiger partial charge is 0.322 e. The minimum absolute atomic E-state index is 0.314. The topological polar surface area (TPSA) is 42.0 Å². The SMILES string of the molecule is Cc1cc(C)c2nc(-c3ccc(Cl)cc3Cl)cc(C(=O)Nc3ccc(F)cc3)c2c1. The Labute approximate surface area is 183 Å². The van der Waals surface area contributed by atoms with Crippen LogP contribution >= 0.6 is 23.2 Å². The molecular weight excluding hydrogens is 422 g/mol. The third-order valence-electron chi connectivity index (χ3n) is 4.80. The molecule has 0 spiro atoms. The third kappa shape index (κ3) is 4.02. The first-order valence-electron chi connectivity index (χ1n) is 9.26. The molecule has 150 valence electrons. The third-order valence-corrected chi connectivity index (χ3v) is 5.35. The monoisotopic (exact) mass is 438 g/mol. The lowest BCUT2D eigenvalue weighted by Gasteiger charge is -2.14. The first-order chi connectivity index (χ1) is 14.3. The van der Waals surface area contributed by atoms with Gasteiger partial charge in [-0.25, -0.2) is 9.37 Å². The number of rotatable bonds is 3. The number of nitrogens with one attached hydrogen (secondary N) is 1. The number of hydrogen-bond donors (Lipinski definition) is 1. The van der Waals surface area contributed by atoms with Crippen LogP contribution < -0.4 is 5.32 Å². The lowest BCUT2D eigenvalue weighted by Crippen LogP contribution is -2.13. The summed E-state index contributed by atoms with van der Waals surface area (Å²) in [6.45, 7) is 3.93. The van der Waals surface area contributed by atoms with Crippen molar-refractivity contribution in [2.75, 3.05) is 5.32 Å². The molecule has 1 aromatic heterocycles. The fourth-order valence-electron chi connectivity index (χ4n) is 3.44. The van der Waals surface area contributed by atoms with Gasteiger partial charge in [-0.15, -0.1) is 0 Å². The van der Waals surface area contributed by atoms with Crippen molar-refractivity contribution in [1.29, 1.82) is 0 Å². The number of carbonyl (C=O) groups is 1. The molecule has 0 unspecified atom stereocenters. The second-order valence-electron chi connectivity index (χ2n) is 7.12. The molecule has 0 radical (unpaired) electrons. The molecule has 4 aromatic rings. The van der Waals surface area contributed by atoms with Crippen molar-refractivity contribution in [3.05, 3.63) is 93.2 Å². The van der Waals surface area contributed by atoms with Gasteiger partial charge in [0, 0.05) is 21.7 Å². The van der Waals surface area contributed by atoms with E-state index in [0.717, 1.165) is 16.5 Å². The first kappa shape index (κ1) is 20.3. The molecule has 30 heavy (non-hydrogen) atoms. The summed E-state index contributed by atoms with van der Waals surface area (Å²) in [4.78, 5) is 18.0. The summed E-state index contributed by atoms with van der Waals surface area (Å²) in [7, 11) is 0. The standard InChI is InChI=1S/C24H17Cl2FN2O/c1-13-9-14(2)23-19(10-13)20(24(30)28-17-6-4-16(27)5-7-17)12-22(29-23)18-8-3-15(25)11-21(18)26/h3-12H,1-2H3,(H,28,30). The second-order valence-corrected chi connectivity index (χ2v) is 7.96. The minimum Gasteiger partial charge on any atom is -0.322 e. The van der Waals surface area contributed by atoms with Crippen molar-refractivity contribution in [3.63, 3.8) is 0 Å². The maximum atomic E-state index is 13.2. The van der Waals surface area contributed by atoms with Gasteiger partial charge in [0.2, 0.25) is 0 Å². The highest BCUT2D eigenvalue weighted by Gasteiger charge is 2.17. The van der Waals surface area contributed by atoms with Crippen LogP contribution in [0, 0.1) is 19.7 Å². The summed E-state index contributed by atoms with van der Waals surface area (Å²) in [5.74, 6) is -0.682. The average Bonchev–Trinajstić information content (AvgIpc) is 2.69. The number of anilines is 1. The van der Waals surface area contributed by atoms with E-state index in [4.69, 9.17) is 28.2 Å². The predicted molar refractivity (Wildman–Crippen MR) is 121 cm³/mol. The number of carbonyl (C=O) groups excluding carboxylic acids is 1. The Hall–Kier alpha value is -2.95. The number of hydrogen-bond acceptors (Lipinski definition) is 2. The molecule has 3 nitrogen and oxygen atoms in total. The summed E-state index contributed by atoms with van der Waals surface area (Å²) >= 11 is 12.4. The maximum absolute atomic E-state index is 13.2. The summed E-state index contributed by atoms with van der Waals surface area (Å²) < 4.78 is 13.2. The smallest absolute Gasteiger partial charge is 0.256 e. The number of pyridine rings is 1. The van der Waals surface area contributed by atoms with E-state index in [1.807, 2.05) is 26.0 Å². The molecule has 0 aliphatic carbocycles. The minimum atomic E-state index is -0.367. The van der Waals surface area contributed by atoms with Crippen LogP contribution in [0.1, 0.15) is 21.5 Å². The fraction of sp³-hybridized carbons (Fsp3) is 0.0833. The fourth-order valence-corrected chi connectivity index (χ4v) is 3.94. The Morgan fingerprint density at radius 3 is 2.40 bits per heavy atom. The number of aromatic nitrogens is 1. The molecule has 0 fully saturated rings. The second kappa shape index (κ2) is 8.05. The quantitative estimate of drug-likeness (QED) is 0.366. The van der Waals surface area contributed by atoms with E-state index in [1.54, 1.807) is 24.3 Å². The van der Waals surface area contributed by atoms with Crippen molar-refractivity contribution in [2.24, 2.45) is 0 Å². The molecule has 0 aliphatic rings. The van der Waals surface area contributed by atoms with Gasteiger partial charge >= 0.3 is 0 Å². The van der Waals surface area contributed by atoms with E-state index in [-0.39, 0.29) is 11.7 Å². The van der Waals surface area contributed by atoms with Gasteiger partial charge < -0.3 is 5.32 Å². The van der Waals surface area contributed by atoms with E-state index >= 15 is 0 Å². The Kier molecular flexibility index (Phi) is 5.46. The number of benzene rings is 3. The van der Waals surface area contributed by atoms with Crippen LogP contribution in [-0.4, -0.2) is 10.9 Å². The number of halogens is 3. The zero-order chi connectivity index (χ0) is 21.4. The van der Waals surface area contributed by atoms with E-state index in [9.17, 15) is 9.18 Å². The molecule has 1 heterocycles. The lowest BCUT2D eigenvalue weighted by atomic mass is 9.99. The molecule has 0 atom stereocenters. The Morgan fingerprint density at radius 2 is 1.70 bits per heavy atom. The lowest BCUT2D eigenvalue weighted by molar-refractivity contribution is 0.102. The van der Waals surface area contributed by atoms with Gasteiger partial charge in [-0.05, 0) is 74.0 Å². The van der Waals surface area contributed by atoms with E-state index in [0.29, 0.717) is 38.1 Å². The van der Waals surface area contributed by atoms with Gasteiger partial charge in [-0.3, -0.25) is 4.79 Å². The molecule has 0 bridgehead atoms. The predicted octanol–water partition coefficient (Wildman–Crippen LogP) is 7.22. The normalized spacial score (nSPS) is 11.0. The van der Waals surface area contributed by atoms with Gasteiger partial charge in [-0.2, -0.15) is 0 Å². The van der Waals surface area contributed by atoms with Gasteiger partial charge in [0.05, 0.1) is 21.8 Å². The van der Waals surface area contributed by atoms with Crippen molar-refractivity contribution in [3.8, 4) is 11.3 Å². The Bertz CT molecular complexity index is 1290. The van der Waals surface area contributed by atoms with Crippen LogP contribution in [-0.2, 0) is 0 Å². The molecular formula is C24H17Cl2FN2O. The molecule has 1 N–H and O–H groups in total. The molecule has 0 aliphatic heterocycles. The number of amides is 1. The summed E-state index contributed by atoms with van der Waals surface area (Å²) in [6.07, 6.45) is 0. The Balaban J connectivity index is 1.89. The van der Waals surface area contributed by atoms with Gasteiger partial charge in [-0.1, -0.05) is 34.8 Å². The zero-order valence-electron chi connectivity index (χ0n) is 16.3. The van der Waals surface area contributed by atoms with Gasteiger partial charge in [0.15, 0.2) is 0 Å². The molecule has 1 amide bonds. The number of nitrogens with zero attached hydrogens (tertiary/aromatic N) is 1. The Morgan fingerprint density at radius 1 is 0.967 bits per heavy atom. The van der Waals surface area contributed by atoms with Crippen LogP contribution in [0.4, 0.5) is 10.1 Å². The van der Waals surface area contributed by atoms with E-state index in [2.05, 4.69) is 5.32 Å². The van der Waals surface area contributed by atoms with Crippen LogP contribution in [0.5, 0.6) is 0 Å². The van der Waals surface area contributed by atoms with Crippen molar-refractivity contribution in [2.45, 2.75) is 13.8 Å². The average molecular weight is 439 g/mol. The van der Waals surface area contributed by atoms with Crippen LogP contribution in [0.15, 0.2) is 60.7 Å². The van der Waals surface area contributed by atoms with Crippen molar-refractivity contribution >= 4 is 45.7 Å². The first-order valence-corrected chi connectivity index (χ1v) is 10.0. The van der Waals surface area contributed by atoms with Gasteiger partial charge in [0.1, 0.15) is 5.82 Å². The van der Waals surface area contributed by atoms with Crippen molar-refractivity contribution in [1.82, 2.24) is 4.98 Å². The van der Waals surface area contributed by atoms with E-state index in [1.165, 1.54) is 24.3 Å². The number of aryl methyl sites for hydroxylation is 2. The molecule has 0 saturated carbocycles.